The smallest absolute Gasteiger partial charge is 0.338 e. The zero-order valence-corrected chi connectivity index (χ0v) is 13.1. The number of carbonyl (C=O) groups excluding carboxylic acids is 1. The third-order valence-electron chi connectivity index (χ3n) is 3.03. The van der Waals surface area contributed by atoms with Crippen molar-refractivity contribution in [3.63, 3.8) is 0 Å². The maximum Gasteiger partial charge on any atom is 0.338 e. The normalized spacial score (nSPS) is 10.4. The van der Waals surface area contributed by atoms with Gasteiger partial charge in [0.05, 0.1) is 5.56 Å². The average molecular weight is 358 g/mol. The quantitative estimate of drug-likeness (QED) is 0.646. The molecule has 0 aliphatic rings. The Morgan fingerprint density at radius 3 is 2.68 bits per heavy atom. The number of benzene rings is 2. The number of hydrogen-bond acceptors (Lipinski definition) is 4. The van der Waals surface area contributed by atoms with E-state index in [9.17, 15) is 4.79 Å². The lowest BCUT2D eigenvalue weighted by molar-refractivity contribution is 0.0464. The van der Waals surface area contributed by atoms with Gasteiger partial charge in [0.2, 0.25) is 0 Å². The zero-order valence-electron chi connectivity index (χ0n) is 11.5. The van der Waals surface area contributed by atoms with Crippen LogP contribution in [0.4, 0.5) is 0 Å². The Morgan fingerprint density at radius 1 is 1.09 bits per heavy atom. The summed E-state index contributed by atoms with van der Waals surface area (Å²) in [7, 11) is 0. The Hall–Kier alpha value is -2.40. The summed E-state index contributed by atoms with van der Waals surface area (Å²) in [4.78, 5) is 11.9. The lowest BCUT2D eigenvalue weighted by atomic mass is 10.2. The molecular formula is C17H12BrNO3. The fraction of sp³-hybridized carbons (Fsp3) is 0.0588. The molecule has 0 saturated carbocycles. The van der Waals surface area contributed by atoms with E-state index in [2.05, 4.69) is 21.1 Å². The predicted octanol–water partition coefficient (Wildman–Crippen LogP) is 4.46. The van der Waals surface area contributed by atoms with Crippen LogP contribution >= 0.6 is 15.9 Å². The van der Waals surface area contributed by atoms with Crippen molar-refractivity contribution in [3.05, 3.63) is 76.4 Å². The molecular weight excluding hydrogens is 346 g/mol. The number of hydrogen-bond donors (Lipinski definition) is 0. The molecule has 22 heavy (non-hydrogen) atoms. The largest absolute Gasteiger partial charge is 0.455 e. The molecule has 0 spiro atoms. The van der Waals surface area contributed by atoms with Gasteiger partial charge in [0.25, 0.3) is 0 Å². The molecule has 0 aliphatic carbocycles. The summed E-state index contributed by atoms with van der Waals surface area (Å²) in [6.45, 7) is 0.0711. The maximum atomic E-state index is 11.9. The van der Waals surface area contributed by atoms with E-state index in [4.69, 9.17) is 9.26 Å². The van der Waals surface area contributed by atoms with Crippen LogP contribution in [0, 0.1) is 0 Å². The third kappa shape index (κ3) is 3.43. The van der Waals surface area contributed by atoms with E-state index >= 15 is 0 Å². The number of nitrogens with zero attached hydrogens (tertiary/aromatic N) is 1. The molecule has 3 rings (SSSR count). The van der Waals surface area contributed by atoms with E-state index in [-0.39, 0.29) is 6.61 Å². The van der Waals surface area contributed by atoms with Gasteiger partial charge in [-0.1, -0.05) is 57.5 Å². The molecule has 0 N–H and O–H groups in total. The molecule has 110 valence electrons. The van der Waals surface area contributed by atoms with Gasteiger partial charge in [-0.2, -0.15) is 0 Å². The van der Waals surface area contributed by atoms with E-state index in [1.54, 1.807) is 24.3 Å². The summed E-state index contributed by atoms with van der Waals surface area (Å²) in [6.07, 6.45) is 0. The van der Waals surface area contributed by atoms with Crippen LogP contribution in [-0.4, -0.2) is 11.1 Å². The first-order valence-corrected chi connectivity index (χ1v) is 7.45. The number of rotatable bonds is 4. The fourth-order valence-corrected chi connectivity index (χ4v) is 2.36. The van der Waals surface area contributed by atoms with Crippen molar-refractivity contribution >= 4 is 21.9 Å². The van der Waals surface area contributed by atoms with Crippen molar-refractivity contribution in [1.29, 1.82) is 0 Å². The van der Waals surface area contributed by atoms with Gasteiger partial charge in [0.1, 0.15) is 12.3 Å². The van der Waals surface area contributed by atoms with Gasteiger partial charge in [-0.3, -0.25) is 0 Å². The van der Waals surface area contributed by atoms with Crippen molar-refractivity contribution in [2.24, 2.45) is 0 Å². The molecule has 0 aliphatic heterocycles. The number of esters is 1. The Bertz CT molecular complexity index is 783. The Labute approximate surface area is 135 Å². The van der Waals surface area contributed by atoms with Crippen molar-refractivity contribution in [2.45, 2.75) is 6.61 Å². The Morgan fingerprint density at radius 2 is 1.91 bits per heavy atom. The summed E-state index contributed by atoms with van der Waals surface area (Å²) >= 11 is 3.32. The molecule has 2 aromatic carbocycles. The van der Waals surface area contributed by atoms with E-state index in [1.807, 2.05) is 36.4 Å². The minimum Gasteiger partial charge on any atom is -0.455 e. The van der Waals surface area contributed by atoms with Crippen LogP contribution in [0.2, 0.25) is 0 Å². The molecule has 0 unspecified atom stereocenters. The fourth-order valence-electron chi connectivity index (χ4n) is 1.96. The van der Waals surface area contributed by atoms with E-state index < -0.39 is 5.97 Å². The number of aromatic nitrogens is 1. The monoisotopic (exact) mass is 357 g/mol. The van der Waals surface area contributed by atoms with Crippen LogP contribution in [0.15, 0.2) is 69.7 Å². The zero-order chi connectivity index (χ0) is 15.4. The van der Waals surface area contributed by atoms with Gasteiger partial charge in [-0.05, 0) is 18.2 Å². The van der Waals surface area contributed by atoms with Gasteiger partial charge in [-0.15, -0.1) is 0 Å². The lowest BCUT2D eigenvalue weighted by Crippen LogP contribution is -2.05. The van der Waals surface area contributed by atoms with Crippen LogP contribution < -0.4 is 0 Å². The summed E-state index contributed by atoms with van der Waals surface area (Å²) in [5.41, 5.74) is 1.99. The molecule has 0 bridgehead atoms. The number of ether oxygens (including phenoxy) is 1. The minimum atomic E-state index is -0.398. The van der Waals surface area contributed by atoms with E-state index in [0.29, 0.717) is 17.0 Å². The van der Waals surface area contributed by atoms with Gasteiger partial charge in [0.15, 0.2) is 5.76 Å². The summed E-state index contributed by atoms with van der Waals surface area (Å²) in [5.74, 6) is 0.250. The topological polar surface area (TPSA) is 52.3 Å². The minimum absolute atomic E-state index is 0.0711. The van der Waals surface area contributed by atoms with Crippen molar-refractivity contribution in [3.8, 4) is 11.3 Å². The van der Waals surface area contributed by atoms with Crippen LogP contribution in [-0.2, 0) is 11.3 Å². The van der Waals surface area contributed by atoms with Crippen LogP contribution in [0.3, 0.4) is 0 Å². The average Bonchev–Trinajstić information content (AvgIpc) is 3.02. The molecule has 4 nitrogen and oxygen atoms in total. The molecule has 0 atom stereocenters. The second-order valence-corrected chi connectivity index (χ2v) is 5.55. The molecule has 0 fully saturated rings. The van der Waals surface area contributed by atoms with E-state index in [0.717, 1.165) is 10.0 Å². The first kappa shape index (κ1) is 14.5. The molecule has 1 heterocycles. The predicted molar refractivity (Wildman–Crippen MR) is 85.2 cm³/mol. The number of halogens is 1. The van der Waals surface area contributed by atoms with Gasteiger partial charge in [-0.25, -0.2) is 4.79 Å². The van der Waals surface area contributed by atoms with E-state index in [1.165, 1.54) is 0 Å². The highest BCUT2D eigenvalue weighted by Gasteiger charge is 2.11. The van der Waals surface area contributed by atoms with Gasteiger partial charge >= 0.3 is 5.97 Å². The van der Waals surface area contributed by atoms with Crippen LogP contribution in [0.1, 0.15) is 16.1 Å². The molecule has 1 aromatic heterocycles. The molecule has 5 heteroatoms. The van der Waals surface area contributed by atoms with Crippen molar-refractivity contribution in [2.75, 3.05) is 0 Å². The highest BCUT2D eigenvalue weighted by atomic mass is 79.9. The van der Waals surface area contributed by atoms with Crippen molar-refractivity contribution < 1.29 is 14.1 Å². The summed E-state index contributed by atoms with van der Waals surface area (Å²) < 4.78 is 11.3. The van der Waals surface area contributed by atoms with Crippen LogP contribution in [0.5, 0.6) is 0 Å². The Balaban J connectivity index is 1.65. The van der Waals surface area contributed by atoms with Crippen LogP contribution in [0.25, 0.3) is 11.3 Å². The second-order valence-electron chi connectivity index (χ2n) is 4.64. The van der Waals surface area contributed by atoms with Crippen molar-refractivity contribution in [1.82, 2.24) is 5.16 Å². The second kappa shape index (κ2) is 6.58. The SMILES string of the molecule is O=C(OCc1cc(-c2ccccc2)on1)c1cccc(Br)c1. The molecule has 0 saturated heterocycles. The standard InChI is InChI=1S/C17H12BrNO3/c18-14-8-4-7-13(9-14)17(20)21-11-15-10-16(22-19-15)12-5-2-1-3-6-12/h1-10H,11H2. The maximum absolute atomic E-state index is 11.9. The molecule has 3 aromatic rings. The highest BCUT2D eigenvalue weighted by molar-refractivity contribution is 9.10. The molecule has 0 amide bonds. The van der Waals surface area contributed by atoms with Gasteiger partial charge in [0, 0.05) is 16.1 Å². The summed E-state index contributed by atoms with van der Waals surface area (Å²) in [6, 6.07) is 18.4. The third-order valence-corrected chi connectivity index (χ3v) is 3.52. The van der Waals surface area contributed by atoms with Gasteiger partial charge < -0.3 is 9.26 Å². The first-order chi connectivity index (χ1) is 10.7. The lowest BCUT2D eigenvalue weighted by Gasteiger charge is -2.02. The number of carbonyl (C=O) groups is 1. The Kier molecular flexibility index (Phi) is 4.34. The molecule has 0 radical (unpaired) electrons. The summed E-state index contributed by atoms with van der Waals surface area (Å²) in [5, 5.41) is 3.91. The highest BCUT2D eigenvalue weighted by Crippen LogP contribution is 2.20. The first-order valence-electron chi connectivity index (χ1n) is 6.66.